The highest BCUT2D eigenvalue weighted by molar-refractivity contribution is 7.09. The Morgan fingerprint density at radius 1 is 1.30 bits per heavy atom. The second-order valence-corrected chi connectivity index (χ2v) is 6.72. The van der Waals surface area contributed by atoms with Gasteiger partial charge >= 0.3 is 0 Å². The van der Waals surface area contributed by atoms with E-state index in [0.29, 0.717) is 6.54 Å². The third-order valence-electron chi connectivity index (χ3n) is 3.64. The number of aryl methyl sites for hydroxylation is 1. The van der Waals surface area contributed by atoms with Crippen molar-refractivity contribution in [3.05, 3.63) is 52.0 Å². The smallest absolute Gasteiger partial charge is 0.0897 e. The molecule has 0 radical (unpaired) electrons. The predicted octanol–water partition coefficient (Wildman–Crippen LogP) is 2.80. The first kappa shape index (κ1) is 15.2. The average Bonchev–Trinajstić information content (AvgIpc) is 2.84. The molecule has 0 bridgehead atoms. The van der Waals surface area contributed by atoms with Crippen molar-refractivity contribution in [2.75, 3.05) is 20.1 Å². The molecule has 1 atom stereocenters. The van der Waals surface area contributed by atoms with E-state index in [0.717, 1.165) is 23.8 Å². The van der Waals surface area contributed by atoms with Gasteiger partial charge in [0.25, 0.3) is 0 Å². The molecule has 1 unspecified atom stereocenters. The van der Waals surface area contributed by atoms with Crippen LogP contribution in [0.1, 0.15) is 23.2 Å². The van der Waals surface area contributed by atoms with Crippen molar-refractivity contribution in [1.82, 2.24) is 9.88 Å². The van der Waals surface area contributed by atoms with Crippen LogP contribution in [0.15, 0.2) is 35.7 Å². The fourth-order valence-electron chi connectivity index (χ4n) is 2.52. The second kappa shape index (κ2) is 6.48. The van der Waals surface area contributed by atoms with Crippen LogP contribution < -0.4 is 5.73 Å². The van der Waals surface area contributed by atoms with Gasteiger partial charge in [-0.1, -0.05) is 37.3 Å². The summed E-state index contributed by atoms with van der Waals surface area (Å²) in [5.41, 5.74) is 8.45. The van der Waals surface area contributed by atoms with Gasteiger partial charge in [0.1, 0.15) is 0 Å². The lowest BCUT2D eigenvalue weighted by atomic mass is 9.82. The molecule has 1 aromatic heterocycles. The largest absolute Gasteiger partial charge is 0.330 e. The summed E-state index contributed by atoms with van der Waals surface area (Å²) >= 11 is 1.70. The van der Waals surface area contributed by atoms with Gasteiger partial charge in [-0.05, 0) is 19.5 Å². The number of aromatic nitrogens is 1. The second-order valence-electron chi connectivity index (χ2n) is 5.66. The van der Waals surface area contributed by atoms with Gasteiger partial charge in [-0.3, -0.25) is 4.90 Å². The van der Waals surface area contributed by atoms with Crippen molar-refractivity contribution in [3.8, 4) is 0 Å². The highest BCUT2D eigenvalue weighted by Gasteiger charge is 2.26. The number of nitrogens with zero attached hydrogens (tertiary/aromatic N) is 2. The molecule has 2 N–H and O–H groups in total. The first-order valence-electron chi connectivity index (χ1n) is 6.88. The Labute approximate surface area is 125 Å². The fourth-order valence-corrected chi connectivity index (χ4v) is 3.13. The third-order valence-corrected chi connectivity index (χ3v) is 4.46. The standard InChI is InChI=1S/C16H23N3S/c1-13-18-15(10-20-13)9-19(3)12-16(2,11-17)14-7-5-4-6-8-14/h4-8,10H,9,11-12,17H2,1-3H3. The lowest BCUT2D eigenvalue weighted by Gasteiger charge is -2.33. The molecule has 0 spiro atoms. The van der Waals surface area contributed by atoms with Crippen molar-refractivity contribution in [2.45, 2.75) is 25.8 Å². The molecule has 0 saturated carbocycles. The molecule has 4 heteroatoms. The molecular weight excluding hydrogens is 266 g/mol. The van der Waals surface area contributed by atoms with Gasteiger partial charge in [0.05, 0.1) is 10.7 Å². The molecule has 20 heavy (non-hydrogen) atoms. The molecule has 0 aliphatic heterocycles. The van der Waals surface area contributed by atoms with Crippen LogP contribution >= 0.6 is 11.3 Å². The van der Waals surface area contributed by atoms with Crippen LogP contribution in [0, 0.1) is 6.92 Å². The van der Waals surface area contributed by atoms with E-state index in [4.69, 9.17) is 5.73 Å². The van der Waals surface area contributed by atoms with E-state index in [-0.39, 0.29) is 5.41 Å². The zero-order valence-electron chi connectivity index (χ0n) is 12.5. The molecule has 108 valence electrons. The van der Waals surface area contributed by atoms with Gasteiger partial charge in [0.2, 0.25) is 0 Å². The molecule has 0 amide bonds. The van der Waals surface area contributed by atoms with Crippen LogP contribution in [-0.2, 0) is 12.0 Å². The van der Waals surface area contributed by atoms with Crippen molar-refractivity contribution < 1.29 is 0 Å². The van der Waals surface area contributed by atoms with Crippen molar-refractivity contribution >= 4 is 11.3 Å². The minimum atomic E-state index is -0.0267. The maximum atomic E-state index is 6.04. The third kappa shape index (κ3) is 3.66. The van der Waals surface area contributed by atoms with E-state index < -0.39 is 0 Å². The topological polar surface area (TPSA) is 42.2 Å². The summed E-state index contributed by atoms with van der Waals surface area (Å²) in [6.07, 6.45) is 0. The van der Waals surface area contributed by atoms with Gasteiger partial charge in [0.15, 0.2) is 0 Å². The Balaban J connectivity index is 2.06. The van der Waals surface area contributed by atoms with Crippen molar-refractivity contribution in [3.63, 3.8) is 0 Å². The summed E-state index contributed by atoms with van der Waals surface area (Å²) in [4.78, 5) is 6.82. The van der Waals surface area contributed by atoms with E-state index in [9.17, 15) is 0 Å². The number of hydrogen-bond donors (Lipinski definition) is 1. The fraction of sp³-hybridized carbons (Fsp3) is 0.438. The highest BCUT2D eigenvalue weighted by Crippen LogP contribution is 2.24. The number of rotatable bonds is 6. The van der Waals surface area contributed by atoms with E-state index in [1.165, 1.54) is 5.56 Å². The Bertz CT molecular complexity index is 538. The molecule has 0 fully saturated rings. The summed E-state index contributed by atoms with van der Waals surface area (Å²) in [6, 6.07) is 10.5. The van der Waals surface area contributed by atoms with Crippen LogP contribution in [0.5, 0.6) is 0 Å². The molecule has 3 nitrogen and oxygen atoms in total. The maximum absolute atomic E-state index is 6.04. The molecule has 1 heterocycles. The molecular formula is C16H23N3S. The van der Waals surface area contributed by atoms with Gasteiger partial charge in [-0.25, -0.2) is 4.98 Å². The Hall–Kier alpha value is -1.23. The van der Waals surface area contributed by atoms with Crippen LogP contribution in [0.4, 0.5) is 0 Å². The summed E-state index contributed by atoms with van der Waals surface area (Å²) in [6.45, 7) is 6.70. The highest BCUT2D eigenvalue weighted by atomic mass is 32.1. The molecule has 1 aromatic carbocycles. The average molecular weight is 289 g/mol. The molecule has 2 rings (SSSR count). The van der Waals surface area contributed by atoms with Gasteiger partial charge in [-0.15, -0.1) is 11.3 Å². The predicted molar refractivity (Wildman–Crippen MR) is 86.0 cm³/mol. The molecule has 2 aromatic rings. The zero-order valence-corrected chi connectivity index (χ0v) is 13.3. The summed E-state index contributed by atoms with van der Waals surface area (Å²) in [5.74, 6) is 0. The summed E-state index contributed by atoms with van der Waals surface area (Å²) < 4.78 is 0. The number of benzene rings is 1. The van der Waals surface area contributed by atoms with Crippen LogP contribution in [0.2, 0.25) is 0 Å². The number of hydrogen-bond acceptors (Lipinski definition) is 4. The molecule has 0 saturated heterocycles. The van der Waals surface area contributed by atoms with E-state index in [1.807, 2.05) is 13.0 Å². The monoisotopic (exact) mass is 289 g/mol. The van der Waals surface area contributed by atoms with Crippen LogP contribution in [0.3, 0.4) is 0 Å². The van der Waals surface area contributed by atoms with Gasteiger partial charge < -0.3 is 5.73 Å². The Kier molecular flexibility index (Phi) is 4.91. The lowest BCUT2D eigenvalue weighted by molar-refractivity contribution is 0.250. The molecule has 0 aliphatic rings. The Morgan fingerprint density at radius 2 is 2.00 bits per heavy atom. The lowest BCUT2D eigenvalue weighted by Crippen LogP contribution is -2.42. The SMILES string of the molecule is Cc1nc(CN(C)CC(C)(CN)c2ccccc2)cs1. The first-order valence-corrected chi connectivity index (χ1v) is 7.76. The van der Waals surface area contributed by atoms with E-state index in [2.05, 4.69) is 53.5 Å². The Morgan fingerprint density at radius 3 is 2.55 bits per heavy atom. The summed E-state index contributed by atoms with van der Waals surface area (Å²) in [5, 5.41) is 3.26. The molecule has 0 aliphatic carbocycles. The first-order chi connectivity index (χ1) is 9.53. The number of likely N-dealkylation sites (N-methyl/N-ethyl adjacent to an activating group) is 1. The van der Waals surface area contributed by atoms with Crippen LogP contribution in [0.25, 0.3) is 0 Å². The van der Waals surface area contributed by atoms with Crippen molar-refractivity contribution in [1.29, 1.82) is 0 Å². The van der Waals surface area contributed by atoms with Gasteiger partial charge in [-0.2, -0.15) is 0 Å². The normalized spacial score (nSPS) is 14.4. The van der Waals surface area contributed by atoms with Crippen molar-refractivity contribution in [2.24, 2.45) is 5.73 Å². The quantitative estimate of drug-likeness (QED) is 0.889. The van der Waals surface area contributed by atoms with E-state index in [1.54, 1.807) is 11.3 Å². The van der Waals surface area contributed by atoms with E-state index >= 15 is 0 Å². The number of nitrogens with two attached hydrogens (primary N) is 1. The number of thiazole rings is 1. The zero-order chi connectivity index (χ0) is 14.6. The minimum Gasteiger partial charge on any atom is -0.330 e. The minimum absolute atomic E-state index is 0.0267. The maximum Gasteiger partial charge on any atom is 0.0897 e. The van der Waals surface area contributed by atoms with Gasteiger partial charge in [0, 0.05) is 30.4 Å². The van der Waals surface area contributed by atoms with Crippen LogP contribution in [-0.4, -0.2) is 30.0 Å². The summed E-state index contributed by atoms with van der Waals surface area (Å²) in [7, 11) is 2.13.